The van der Waals surface area contributed by atoms with Crippen molar-refractivity contribution in [2.24, 2.45) is 0 Å². The molecule has 3 aromatic rings. The third-order valence-electron chi connectivity index (χ3n) is 2.92. The van der Waals surface area contributed by atoms with Gasteiger partial charge in [0.25, 0.3) is 0 Å². The van der Waals surface area contributed by atoms with Crippen LogP contribution >= 0.6 is 63.0 Å². The molecule has 7 heteroatoms. The molecule has 20 heavy (non-hydrogen) atoms. The second-order valence-corrected chi connectivity index (χ2v) is 6.50. The number of nitrogens with zero attached hydrogens (tertiary/aromatic N) is 1. The van der Waals surface area contributed by atoms with E-state index in [-0.39, 0.29) is 0 Å². The molecule has 1 aromatic heterocycles. The molecule has 1 heterocycles. The van der Waals surface area contributed by atoms with Crippen molar-refractivity contribution < 1.29 is 0 Å². The molecule has 3 rings (SSSR count). The van der Waals surface area contributed by atoms with Crippen molar-refractivity contribution in [2.75, 3.05) is 0 Å². The number of halogens is 4. The summed E-state index contributed by atoms with van der Waals surface area (Å²) in [4.78, 5) is 3.09. The largest absolute Gasteiger partial charge is 0.329 e. The van der Waals surface area contributed by atoms with Crippen molar-refractivity contribution in [2.45, 2.75) is 0 Å². The van der Waals surface area contributed by atoms with Crippen LogP contribution in [0, 0.1) is 4.77 Å². The zero-order chi connectivity index (χ0) is 14.4. The van der Waals surface area contributed by atoms with Crippen LogP contribution in [0.3, 0.4) is 0 Å². The predicted molar refractivity (Wildman–Crippen MR) is 91.2 cm³/mol. The average Bonchev–Trinajstić information content (AvgIpc) is 2.75. The molecule has 0 aliphatic carbocycles. The lowest BCUT2D eigenvalue weighted by molar-refractivity contribution is 1.06. The Balaban J connectivity index is 2.42. The Kier molecular flexibility index (Phi) is 3.86. The third-order valence-corrected chi connectivity index (χ3v) is 5.28. The zero-order valence-electron chi connectivity index (χ0n) is 9.75. The summed E-state index contributed by atoms with van der Waals surface area (Å²) in [6, 6.07) is 9.25. The van der Waals surface area contributed by atoms with Crippen LogP contribution in [-0.4, -0.2) is 9.55 Å². The van der Waals surface area contributed by atoms with Gasteiger partial charge in [-0.2, -0.15) is 0 Å². The highest BCUT2D eigenvalue weighted by Crippen LogP contribution is 2.36. The minimum absolute atomic E-state index is 0.429. The Morgan fingerprint density at radius 2 is 1.80 bits per heavy atom. The highest BCUT2D eigenvalue weighted by atomic mass is 79.9. The number of aromatic amines is 1. The van der Waals surface area contributed by atoms with Gasteiger partial charge in [-0.1, -0.05) is 40.9 Å². The molecular formula is C13H6BrCl3N2S. The molecule has 0 amide bonds. The Morgan fingerprint density at radius 3 is 2.55 bits per heavy atom. The van der Waals surface area contributed by atoms with Crippen molar-refractivity contribution in [1.29, 1.82) is 0 Å². The number of rotatable bonds is 1. The Morgan fingerprint density at radius 1 is 1.05 bits per heavy atom. The number of imidazole rings is 1. The summed E-state index contributed by atoms with van der Waals surface area (Å²) in [6.45, 7) is 0. The maximum absolute atomic E-state index is 6.33. The SMILES string of the molecule is S=c1[nH]c2c(Cl)cccc2n1-c1ccc(Br)c(Cl)c1Cl. The van der Waals surface area contributed by atoms with Crippen LogP contribution in [0.5, 0.6) is 0 Å². The van der Waals surface area contributed by atoms with Gasteiger partial charge in [-0.25, -0.2) is 0 Å². The van der Waals surface area contributed by atoms with Crippen LogP contribution in [0.25, 0.3) is 16.7 Å². The number of hydrogen-bond acceptors (Lipinski definition) is 1. The van der Waals surface area contributed by atoms with E-state index in [4.69, 9.17) is 47.0 Å². The third kappa shape index (κ3) is 2.20. The fourth-order valence-corrected chi connectivity index (χ4v) is 3.39. The van der Waals surface area contributed by atoms with Gasteiger partial charge >= 0.3 is 0 Å². The molecule has 0 aliphatic heterocycles. The summed E-state index contributed by atoms with van der Waals surface area (Å²) in [5, 5.41) is 1.48. The Labute approximate surface area is 143 Å². The molecule has 102 valence electrons. The molecule has 0 fully saturated rings. The van der Waals surface area contributed by atoms with E-state index in [0.717, 1.165) is 15.5 Å². The van der Waals surface area contributed by atoms with E-state index < -0.39 is 0 Å². The highest BCUT2D eigenvalue weighted by molar-refractivity contribution is 9.10. The topological polar surface area (TPSA) is 20.7 Å². The van der Waals surface area contributed by atoms with Gasteiger partial charge in [-0.15, -0.1) is 0 Å². The van der Waals surface area contributed by atoms with Crippen molar-refractivity contribution in [1.82, 2.24) is 9.55 Å². The van der Waals surface area contributed by atoms with Crippen LogP contribution in [0.1, 0.15) is 0 Å². The summed E-state index contributed by atoms with van der Waals surface area (Å²) >= 11 is 27.4. The summed E-state index contributed by atoms with van der Waals surface area (Å²) < 4.78 is 3.06. The van der Waals surface area contributed by atoms with Crippen LogP contribution < -0.4 is 0 Å². The number of nitrogens with one attached hydrogen (secondary N) is 1. The molecule has 0 aliphatic rings. The Hall–Kier alpha value is -0.520. The first-order valence-corrected chi connectivity index (χ1v) is 7.87. The maximum atomic E-state index is 6.33. The quantitative estimate of drug-likeness (QED) is 0.364. The number of hydrogen-bond donors (Lipinski definition) is 1. The van der Waals surface area contributed by atoms with Crippen LogP contribution in [0.2, 0.25) is 15.1 Å². The van der Waals surface area contributed by atoms with Gasteiger partial charge in [0.1, 0.15) is 0 Å². The van der Waals surface area contributed by atoms with Crippen LogP contribution in [0.4, 0.5) is 0 Å². The van der Waals surface area contributed by atoms with Gasteiger partial charge in [0.15, 0.2) is 4.77 Å². The molecule has 0 spiro atoms. The summed E-state index contributed by atoms with van der Waals surface area (Å²) in [5.41, 5.74) is 2.33. The number of H-pyrrole nitrogens is 1. The second kappa shape index (κ2) is 5.35. The lowest BCUT2D eigenvalue weighted by Gasteiger charge is -2.09. The molecule has 2 nitrogen and oxygen atoms in total. The van der Waals surface area contributed by atoms with Crippen molar-refractivity contribution in [3.8, 4) is 5.69 Å². The summed E-state index contributed by atoms with van der Waals surface area (Å²) in [5.74, 6) is 0. The molecule has 0 unspecified atom stereocenters. The number of aromatic nitrogens is 2. The summed E-state index contributed by atoms with van der Waals surface area (Å²) in [7, 11) is 0. The molecule has 0 bridgehead atoms. The fourth-order valence-electron chi connectivity index (χ4n) is 2.02. The van der Waals surface area contributed by atoms with E-state index in [1.807, 2.05) is 28.8 Å². The van der Waals surface area contributed by atoms with Gasteiger partial charge < -0.3 is 4.98 Å². The molecule has 0 radical (unpaired) electrons. The smallest absolute Gasteiger partial charge is 0.182 e. The standard InChI is InChI=1S/C13H6BrCl3N2S/c14-6-4-5-8(11(17)10(6)16)19-9-3-1-2-7(15)12(9)18-13(19)20/h1-5H,(H,18,20). The molecule has 2 aromatic carbocycles. The summed E-state index contributed by atoms with van der Waals surface area (Å²) in [6.07, 6.45) is 0. The zero-order valence-corrected chi connectivity index (χ0v) is 14.4. The van der Waals surface area contributed by atoms with Crippen LogP contribution in [0.15, 0.2) is 34.8 Å². The highest BCUT2D eigenvalue weighted by Gasteiger charge is 2.14. The molecule has 0 atom stereocenters. The minimum atomic E-state index is 0.429. The van der Waals surface area contributed by atoms with Crippen molar-refractivity contribution in [3.63, 3.8) is 0 Å². The second-order valence-electron chi connectivity index (χ2n) is 4.09. The van der Waals surface area contributed by atoms with Crippen molar-refractivity contribution in [3.05, 3.63) is 54.6 Å². The average molecular weight is 409 g/mol. The predicted octanol–water partition coefficient (Wildman–Crippen LogP) is 6.41. The number of fused-ring (bicyclic) bond motifs is 1. The molecule has 0 saturated heterocycles. The number of para-hydroxylation sites is 1. The van der Waals surface area contributed by atoms with Gasteiger partial charge in [0.2, 0.25) is 0 Å². The van der Waals surface area contributed by atoms with Crippen molar-refractivity contribution >= 4 is 74.0 Å². The first kappa shape index (κ1) is 14.4. The molecular weight excluding hydrogens is 402 g/mol. The molecule has 1 N–H and O–H groups in total. The van der Waals surface area contributed by atoms with E-state index in [1.54, 1.807) is 6.07 Å². The monoisotopic (exact) mass is 406 g/mol. The van der Waals surface area contributed by atoms with E-state index in [1.165, 1.54) is 0 Å². The van der Waals surface area contributed by atoms with E-state index in [9.17, 15) is 0 Å². The number of benzene rings is 2. The maximum Gasteiger partial charge on any atom is 0.182 e. The van der Waals surface area contributed by atoms with Crippen LogP contribution in [-0.2, 0) is 0 Å². The van der Waals surface area contributed by atoms with Gasteiger partial charge in [-0.05, 0) is 52.4 Å². The lowest BCUT2D eigenvalue weighted by Crippen LogP contribution is -1.95. The fraction of sp³-hybridized carbons (Fsp3) is 0. The normalized spacial score (nSPS) is 11.2. The van der Waals surface area contributed by atoms with Gasteiger partial charge in [-0.3, -0.25) is 4.57 Å². The first-order chi connectivity index (χ1) is 9.50. The van der Waals surface area contributed by atoms with Gasteiger partial charge in [0.05, 0.1) is 31.8 Å². The first-order valence-electron chi connectivity index (χ1n) is 5.54. The van der Waals surface area contributed by atoms with Gasteiger partial charge in [0, 0.05) is 4.47 Å². The van der Waals surface area contributed by atoms with E-state index in [2.05, 4.69) is 20.9 Å². The minimum Gasteiger partial charge on any atom is -0.329 e. The van der Waals surface area contributed by atoms with E-state index >= 15 is 0 Å². The molecule has 0 saturated carbocycles. The lowest BCUT2D eigenvalue weighted by atomic mass is 10.3. The Bertz CT molecular complexity index is 885. The van der Waals surface area contributed by atoms with E-state index in [0.29, 0.717) is 25.5 Å².